The van der Waals surface area contributed by atoms with E-state index in [0.717, 1.165) is 0 Å². The van der Waals surface area contributed by atoms with Crippen molar-refractivity contribution in [1.82, 2.24) is 9.97 Å². The monoisotopic (exact) mass is 431 g/mol. The van der Waals surface area contributed by atoms with E-state index in [1.54, 1.807) is 6.07 Å². The largest absolute Gasteiger partial charge is 0.461 e. The fourth-order valence-corrected chi connectivity index (χ4v) is 3.80. The van der Waals surface area contributed by atoms with Crippen LogP contribution >= 0.6 is 11.6 Å². The minimum atomic E-state index is -0.504. The Kier molecular flexibility index (Phi) is 5.40. The van der Waals surface area contributed by atoms with E-state index in [1.807, 2.05) is 31.7 Å². The quantitative estimate of drug-likeness (QED) is 0.528. The van der Waals surface area contributed by atoms with Crippen molar-refractivity contribution in [2.24, 2.45) is 5.92 Å². The third-order valence-electron chi connectivity index (χ3n) is 5.04. The molecule has 0 radical (unpaired) electrons. The maximum absolute atomic E-state index is 14.5. The van der Waals surface area contributed by atoms with Crippen LogP contribution in [0.15, 0.2) is 35.1 Å². The summed E-state index contributed by atoms with van der Waals surface area (Å²) in [6.07, 6.45) is 4.17. The third kappa shape index (κ3) is 4.26. The highest BCUT2D eigenvalue weighted by atomic mass is 35.5. The Morgan fingerprint density at radius 1 is 1.30 bits per heavy atom. The molecule has 0 amide bonds. The number of aromatic nitrogens is 2. The Morgan fingerprint density at radius 2 is 2.03 bits per heavy atom. The molecule has 0 spiro atoms. The van der Waals surface area contributed by atoms with E-state index >= 15 is 0 Å². The van der Waals surface area contributed by atoms with Crippen molar-refractivity contribution in [2.75, 3.05) is 18.0 Å². The molecule has 0 atom stereocenters. The number of hydrogen-bond acceptors (Lipinski definition) is 6. The minimum Gasteiger partial charge on any atom is -0.461 e. The summed E-state index contributed by atoms with van der Waals surface area (Å²) in [5.41, 5.74) is 0.836. The van der Waals surface area contributed by atoms with E-state index in [-0.39, 0.29) is 22.6 Å². The number of benzene rings is 1. The predicted molar refractivity (Wildman–Crippen MR) is 113 cm³/mol. The standard InChI is InChI=1S/C22H23ClFN3O3/c1-22(2,3)30-21(28)13-4-7-27(8-5-13)20-18(25-12-17(23)26-20)15-10-14-6-9-29-19(14)16(24)11-15/h6,9-13H,4-5,7-8H2,1-3H3. The summed E-state index contributed by atoms with van der Waals surface area (Å²) in [6.45, 7) is 6.79. The van der Waals surface area contributed by atoms with E-state index < -0.39 is 11.4 Å². The highest BCUT2D eigenvalue weighted by molar-refractivity contribution is 6.29. The van der Waals surface area contributed by atoms with E-state index in [0.29, 0.717) is 48.4 Å². The van der Waals surface area contributed by atoms with Crippen LogP contribution in [0.5, 0.6) is 0 Å². The second kappa shape index (κ2) is 7.87. The fourth-order valence-electron chi connectivity index (χ4n) is 3.67. The average molecular weight is 432 g/mol. The molecule has 3 heterocycles. The summed E-state index contributed by atoms with van der Waals surface area (Å²) in [6, 6.07) is 4.91. The van der Waals surface area contributed by atoms with E-state index in [4.69, 9.17) is 20.8 Å². The Balaban J connectivity index is 1.59. The zero-order chi connectivity index (χ0) is 21.5. The van der Waals surface area contributed by atoms with Crippen LogP contribution in [0.4, 0.5) is 10.2 Å². The molecule has 0 saturated carbocycles. The van der Waals surface area contributed by atoms with Crippen LogP contribution in [0, 0.1) is 11.7 Å². The molecule has 1 aliphatic rings. The molecule has 4 rings (SSSR count). The number of furan rings is 1. The minimum absolute atomic E-state index is 0.157. The van der Waals surface area contributed by atoms with Crippen molar-refractivity contribution in [3.63, 3.8) is 0 Å². The van der Waals surface area contributed by atoms with Crippen LogP contribution in [0.3, 0.4) is 0 Å². The third-order valence-corrected chi connectivity index (χ3v) is 5.22. The molecule has 1 aromatic carbocycles. The van der Waals surface area contributed by atoms with Crippen LogP contribution in [-0.4, -0.2) is 34.6 Å². The number of anilines is 1. The van der Waals surface area contributed by atoms with Gasteiger partial charge in [0, 0.05) is 24.0 Å². The zero-order valence-electron chi connectivity index (χ0n) is 17.1. The summed E-state index contributed by atoms with van der Waals surface area (Å²) >= 11 is 6.12. The summed E-state index contributed by atoms with van der Waals surface area (Å²) in [7, 11) is 0. The first kappa shape index (κ1) is 20.6. The zero-order valence-corrected chi connectivity index (χ0v) is 17.9. The molecular weight excluding hydrogens is 409 g/mol. The van der Waals surface area contributed by atoms with Gasteiger partial charge in [-0.2, -0.15) is 0 Å². The van der Waals surface area contributed by atoms with Gasteiger partial charge in [-0.3, -0.25) is 4.79 Å². The lowest BCUT2D eigenvalue weighted by atomic mass is 9.96. The maximum atomic E-state index is 14.5. The molecule has 3 aromatic rings. The first-order valence-electron chi connectivity index (χ1n) is 9.89. The Bertz CT molecular complexity index is 1080. The van der Waals surface area contributed by atoms with Crippen LogP contribution in [-0.2, 0) is 9.53 Å². The smallest absolute Gasteiger partial charge is 0.309 e. The molecule has 8 heteroatoms. The molecule has 158 valence electrons. The number of fused-ring (bicyclic) bond motifs is 1. The van der Waals surface area contributed by atoms with Crippen LogP contribution < -0.4 is 4.90 Å². The van der Waals surface area contributed by atoms with Crippen molar-refractivity contribution in [3.8, 4) is 11.3 Å². The summed E-state index contributed by atoms with van der Waals surface area (Å²) in [5, 5.41) is 0.907. The van der Waals surface area contributed by atoms with Crippen LogP contribution in [0.2, 0.25) is 5.15 Å². The van der Waals surface area contributed by atoms with Crippen LogP contribution in [0.1, 0.15) is 33.6 Å². The highest BCUT2D eigenvalue weighted by Crippen LogP contribution is 2.34. The topological polar surface area (TPSA) is 68.5 Å². The number of hydrogen-bond donors (Lipinski definition) is 0. The van der Waals surface area contributed by atoms with Gasteiger partial charge >= 0.3 is 5.97 Å². The molecule has 0 aliphatic carbocycles. The number of halogens is 2. The summed E-state index contributed by atoms with van der Waals surface area (Å²) in [4.78, 5) is 23.3. The van der Waals surface area contributed by atoms with Gasteiger partial charge in [-0.25, -0.2) is 14.4 Å². The van der Waals surface area contributed by atoms with Gasteiger partial charge in [0.25, 0.3) is 0 Å². The molecule has 0 unspecified atom stereocenters. The van der Waals surface area contributed by atoms with Crippen molar-refractivity contribution < 1.29 is 18.3 Å². The van der Waals surface area contributed by atoms with Crippen molar-refractivity contribution >= 4 is 34.4 Å². The van der Waals surface area contributed by atoms with Gasteiger partial charge in [0.15, 0.2) is 17.2 Å². The fraction of sp³-hybridized carbons (Fsp3) is 0.409. The summed E-state index contributed by atoms with van der Waals surface area (Å²) < 4.78 is 25.2. The maximum Gasteiger partial charge on any atom is 0.309 e. The molecule has 1 saturated heterocycles. The van der Waals surface area contributed by atoms with Crippen molar-refractivity contribution in [3.05, 3.63) is 41.6 Å². The number of carbonyl (C=O) groups is 1. The number of rotatable bonds is 3. The molecule has 0 N–H and O–H groups in total. The number of piperidine rings is 1. The molecule has 1 fully saturated rings. The number of nitrogens with zero attached hydrogens (tertiary/aromatic N) is 3. The molecule has 2 aromatic heterocycles. The molecule has 1 aliphatic heterocycles. The first-order valence-corrected chi connectivity index (χ1v) is 10.3. The SMILES string of the molecule is CC(C)(C)OC(=O)C1CCN(c2nc(Cl)cnc2-c2cc(F)c3occc3c2)CC1. The predicted octanol–water partition coefficient (Wildman–Crippen LogP) is 5.24. The molecule has 30 heavy (non-hydrogen) atoms. The van der Waals surface area contributed by atoms with E-state index in [9.17, 15) is 9.18 Å². The lowest BCUT2D eigenvalue weighted by Gasteiger charge is -2.33. The molecular formula is C22H23ClFN3O3. The Labute approximate surface area is 179 Å². The molecule has 0 bridgehead atoms. The highest BCUT2D eigenvalue weighted by Gasteiger charge is 2.30. The van der Waals surface area contributed by atoms with Gasteiger partial charge in [0.2, 0.25) is 0 Å². The van der Waals surface area contributed by atoms with Gasteiger partial charge in [0.1, 0.15) is 16.4 Å². The van der Waals surface area contributed by atoms with Crippen LogP contribution in [0.25, 0.3) is 22.2 Å². The van der Waals surface area contributed by atoms with E-state index in [1.165, 1.54) is 18.5 Å². The first-order chi connectivity index (χ1) is 14.2. The second-order valence-electron chi connectivity index (χ2n) is 8.46. The number of carbonyl (C=O) groups excluding carboxylic acids is 1. The Morgan fingerprint density at radius 3 is 2.73 bits per heavy atom. The van der Waals surface area contributed by atoms with Gasteiger partial charge in [-0.1, -0.05) is 11.6 Å². The average Bonchev–Trinajstić information content (AvgIpc) is 3.16. The van der Waals surface area contributed by atoms with Crippen molar-refractivity contribution in [1.29, 1.82) is 0 Å². The number of esters is 1. The Hall–Kier alpha value is -2.67. The lowest BCUT2D eigenvalue weighted by Crippen LogP contribution is -2.39. The second-order valence-corrected chi connectivity index (χ2v) is 8.84. The van der Waals surface area contributed by atoms with Gasteiger partial charge < -0.3 is 14.1 Å². The van der Waals surface area contributed by atoms with Gasteiger partial charge in [-0.05, 0) is 51.8 Å². The number of ether oxygens (including phenoxy) is 1. The normalized spacial score (nSPS) is 15.6. The van der Waals surface area contributed by atoms with Gasteiger partial charge in [0.05, 0.1) is 18.4 Å². The van der Waals surface area contributed by atoms with Gasteiger partial charge in [-0.15, -0.1) is 0 Å². The van der Waals surface area contributed by atoms with Crippen molar-refractivity contribution in [2.45, 2.75) is 39.2 Å². The lowest BCUT2D eigenvalue weighted by molar-refractivity contribution is -0.160. The summed E-state index contributed by atoms with van der Waals surface area (Å²) in [5.74, 6) is -0.214. The molecule has 6 nitrogen and oxygen atoms in total. The van der Waals surface area contributed by atoms with E-state index in [2.05, 4.69) is 9.97 Å².